The van der Waals surface area contributed by atoms with Gasteiger partial charge in [0, 0.05) is 19.4 Å². The molecule has 1 rings (SSSR count). The van der Waals surface area contributed by atoms with Crippen LogP contribution in [0.3, 0.4) is 0 Å². The molecule has 0 spiro atoms. The largest absolute Gasteiger partial charge is 0.390 e. The summed E-state index contributed by atoms with van der Waals surface area (Å²) in [5.41, 5.74) is 4.97. The number of carbonyl (C=O) groups is 2. The van der Waals surface area contributed by atoms with E-state index in [4.69, 9.17) is 5.73 Å². The number of imide groups is 1. The lowest BCUT2D eigenvalue weighted by Gasteiger charge is -2.35. The Morgan fingerprint density at radius 3 is 2.27 bits per heavy atom. The van der Waals surface area contributed by atoms with Crippen LogP contribution in [0.15, 0.2) is 0 Å². The molecule has 1 saturated heterocycles. The molecule has 1 atom stereocenters. The van der Waals surface area contributed by atoms with Gasteiger partial charge in [0.05, 0.1) is 12.6 Å². The number of likely N-dealkylation sites (tertiary alicyclic amines) is 1. The highest BCUT2D eigenvalue weighted by molar-refractivity contribution is 5.98. The fourth-order valence-electron chi connectivity index (χ4n) is 1.70. The normalized spacial score (nSPS) is 23.1. The minimum atomic E-state index is -0.820. The van der Waals surface area contributed by atoms with E-state index >= 15 is 0 Å². The summed E-state index contributed by atoms with van der Waals surface area (Å²) in [4.78, 5) is 24.4. The van der Waals surface area contributed by atoms with Crippen molar-refractivity contribution in [1.29, 1.82) is 0 Å². The summed E-state index contributed by atoms with van der Waals surface area (Å²) < 4.78 is 0. The van der Waals surface area contributed by atoms with Gasteiger partial charge in [-0.15, -0.1) is 0 Å². The van der Waals surface area contributed by atoms with Gasteiger partial charge >= 0.3 is 0 Å². The second-order valence-electron chi connectivity index (χ2n) is 4.81. The summed E-state index contributed by atoms with van der Waals surface area (Å²) in [6.45, 7) is 3.85. The Hall–Kier alpha value is -0.940. The Morgan fingerprint density at radius 2 is 1.87 bits per heavy atom. The molecule has 5 nitrogen and oxygen atoms in total. The van der Waals surface area contributed by atoms with E-state index in [0.717, 1.165) is 4.90 Å². The molecule has 86 valence electrons. The third kappa shape index (κ3) is 3.00. The summed E-state index contributed by atoms with van der Waals surface area (Å²) in [6, 6.07) is 0. The Labute approximate surface area is 89.2 Å². The molecule has 2 amide bonds. The Bertz CT molecular complexity index is 256. The van der Waals surface area contributed by atoms with Crippen LogP contribution in [-0.2, 0) is 9.59 Å². The predicted octanol–water partition coefficient (Wildman–Crippen LogP) is -0.519. The second kappa shape index (κ2) is 4.28. The van der Waals surface area contributed by atoms with Gasteiger partial charge in [-0.05, 0) is 5.41 Å². The van der Waals surface area contributed by atoms with Crippen LogP contribution in [0.1, 0.15) is 26.7 Å². The molecule has 1 fully saturated rings. The van der Waals surface area contributed by atoms with Crippen LogP contribution >= 0.6 is 0 Å². The van der Waals surface area contributed by atoms with Crippen LogP contribution in [0, 0.1) is 5.41 Å². The number of hydrogen-bond donors (Lipinski definition) is 2. The van der Waals surface area contributed by atoms with Gasteiger partial charge in [-0.25, -0.2) is 0 Å². The first kappa shape index (κ1) is 12.1. The average Bonchev–Trinajstić information content (AvgIpc) is 2.09. The number of rotatable bonds is 3. The van der Waals surface area contributed by atoms with Crippen molar-refractivity contribution in [2.45, 2.75) is 32.8 Å². The maximum absolute atomic E-state index is 11.6. The SMILES string of the molecule is CC1(C)CC(=O)N(CC(O)CN)C(=O)C1. The third-order valence-electron chi connectivity index (χ3n) is 2.53. The van der Waals surface area contributed by atoms with E-state index in [9.17, 15) is 14.7 Å². The van der Waals surface area contributed by atoms with Gasteiger partial charge in [0.2, 0.25) is 11.8 Å². The monoisotopic (exact) mass is 214 g/mol. The zero-order valence-electron chi connectivity index (χ0n) is 9.19. The van der Waals surface area contributed by atoms with Crippen LogP contribution in [-0.4, -0.2) is 41.0 Å². The molecule has 15 heavy (non-hydrogen) atoms. The number of nitrogens with zero attached hydrogens (tertiary/aromatic N) is 1. The van der Waals surface area contributed by atoms with Gasteiger partial charge in [-0.2, -0.15) is 0 Å². The standard InChI is InChI=1S/C10H18N2O3/c1-10(2)3-8(14)12(9(15)4-10)6-7(13)5-11/h7,13H,3-6,11H2,1-2H3. The molecular formula is C10H18N2O3. The number of piperidine rings is 1. The molecule has 1 aliphatic rings. The van der Waals surface area contributed by atoms with Crippen molar-refractivity contribution in [2.75, 3.05) is 13.1 Å². The fraction of sp³-hybridized carbons (Fsp3) is 0.800. The lowest BCUT2D eigenvalue weighted by Crippen LogP contribution is -2.50. The Balaban J connectivity index is 2.67. The number of aliphatic hydroxyl groups excluding tert-OH is 1. The van der Waals surface area contributed by atoms with Crippen molar-refractivity contribution in [3.63, 3.8) is 0 Å². The molecule has 1 aliphatic heterocycles. The summed E-state index contributed by atoms with van der Waals surface area (Å²) in [5, 5.41) is 9.30. The highest BCUT2D eigenvalue weighted by Crippen LogP contribution is 2.31. The maximum Gasteiger partial charge on any atom is 0.229 e. The number of aliphatic hydroxyl groups is 1. The molecule has 1 unspecified atom stereocenters. The molecule has 1 heterocycles. The fourth-order valence-corrected chi connectivity index (χ4v) is 1.70. The van der Waals surface area contributed by atoms with Crippen LogP contribution in [0.4, 0.5) is 0 Å². The summed E-state index contributed by atoms with van der Waals surface area (Å²) in [6.07, 6.45) is -0.134. The van der Waals surface area contributed by atoms with Gasteiger partial charge in [0.25, 0.3) is 0 Å². The number of hydrogen-bond acceptors (Lipinski definition) is 4. The third-order valence-corrected chi connectivity index (χ3v) is 2.53. The van der Waals surface area contributed by atoms with Crippen molar-refractivity contribution in [3.05, 3.63) is 0 Å². The quantitative estimate of drug-likeness (QED) is 0.619. The van der Waals surface area contributed by atoms with Gasteiger partial charge in [0.15, 0.2) is 0 Å². The van der Waals surface area contributed by atoms with Crippen molar-refractivity contribution >= 4 is 11.8 Å². The molecule has 0 saturated carbocycles. The highest BCUT2D eigenvalue weighted by Gasteiger charge is 2.37. The minimum absolute atomic E-state index is 0.0181. The van der Waals surface area contributed by atoms with Crippen LogP contribution < -0.4 is 5.73 Å². The van der Waals surface area contributed by atoms with Gasteiger partial charge in [-0.3, -0.25) is 14.5 Å². The zero-order valence-corrected chi connectivity index (χ0v) is 9.19. The van der Waals surface area contributed by atoms with E-state index in [1.807, 2.05) is 13.8 Å². The number of carbonyl (C=O) groups excluding carboxylic acids is 2. The number of nitrogens with two attached hydrogens (primary N) is 1. The van der Waals surface area contributed by atoms with Gasteiger partial charge < -0.3 is 10.8 Å². The molecule has 0 aliphatic carbocycles. The van der Waals surface area contributed by atoms with Crippen LogP contribution in [0.2, 0.25) is 0 Å². The number of β-amino-alcohol motifs (C(OH)–C–C–N with tert-alkyl or cyclic N) is 1. The van der Waals surface area contributed by atoms with E-state index in [-0.39, 0.29) is 30.3 Å². The number of amides is 2. The Morgan fingerprint density at radius 1 is 1.40 bits per heavy atom. The molecular weight excluding hydrogens is 196 g/mol. The van der Waals surface area contributed by atoms with E-state index in [2.05, 4.69) is 0 Å². The van der Waals surface area contributed by atoms with E-state index < -0.39 is 6.10 Å². The summed E-state index contributed by atoms with van der Waals surface area (Å²) in [5.74, 6) is -0.437. The van der Waals surface area contributed by atoms with E-state index in [0.29, 0.717) is 12.8 Å². The van der Waals surface area contributed by atoms with E-state index in [1.54, 1.807) is 0 Å². The van der Waals surface area contributed by atoms with Crippen LogP contribution in [0.5, 0.6) is 0 Å². The summed E-state index contributed by atoms with van der Waals surface area (Å²) >= 11 is 0. The molecule has 3 N–H and O–H groups in total. The molecule has 0 aromatic carbocycles. The zero-order chi connectivity index (χ0) is 11.6. The summed E-state index contributed by atoms with van der Waals surface area (Å²) in [7, 11) is 0. The molecule has 0 radical (unpaired) electrons. The van der Waals surface area contributed by atoms with Crippen molar-refractivity contribution in [2.24, 2.45) is 11.1 Å². The molecule has 5 heteroatoms. The van der Waals surface area contributed by atoms with Crippen molar-refractivity contribution in [1.82, 2.24) is 4.90 Å². The van der Waals surface area contributed by atoms with Crippen LogP contribution in [0.25, 0.3) is 0 Å². The average molecular weight is 214 g/mol. The van der Waals surface area contributed by atoms with Crippen molar-refractivity contribution in [3.8, 4) is 0 Å². The lowest BCUT2D eigenvalue weighted by molar-refractivity contribution is -0.154. The van der Waals surface area contributed by atoms with E-state index in [1.165, 1.54) is 0 Å². The van der Waals surface area contributed by atoms with Gasteiger partial charge in [0.1, 0.15) is 0 Å². The Kier molecular flexibility index (Phi) is 3.46. The molecule has 0 bridgehead atoms. The lowest BCUT2D eigenvalue weighted by atomic mass is 9.81. The predicted molar refractivity (Wildman–Crippen MR) is 54.8 cm³/mol. The minimum Gasteiger partial charge on any atom is -0.390 e. The first-order chi connectivity index (χ1) is 6.85. The maximum atomic E-state index is 11.6. The van der Waals surface area contributed by atoms with Gasteiger partial charge in [-0.1, -0.05) is 13.8 Å². The topological polar surface area (TPSA) is 83.6 Å². The smallest absolute Gasteiger partial charge is 0.229 e. The molecule has 0 aromatic rings. The highest BCUT2D eigenvalue weighted by atomic mass is 16.3. The second-order valence-corrected chi connectivity index (χ2v) is 4.81. The van der Waals surface area contributed by atoms with Crippen molar-refractivity contribution < 1.29 is 14.7 Å². The first-order valence-electron chi connectivity index (χ1n) is 5.07. The molecule has 0 aromatic heterocycles. The first-order valence-corrected chi connectivity index (χ1v) is 5.07.